The molecule has 0 heterocycles. The van der Waals surface area contributed by atoms with E-state index in [9.17, 15) is 13.2 Å². The minimum atomic E-state index is -3.71. The number of carbonyl (C=O) groups is 1. The van der Waals surface area contributed by atoms with E-state index in [2.05, 4.69) is 11.9 Å². The van der Waals surface area contributed by atoms with Crippen LogP contribution in [0.2, 0.25) is 0 Å². The molecule has 15 heavy (non-hydrogen) atoms. The van der Waals surface area contributed by atoms with Crippen molar-refractivity contribution in [3.8, 4) is 0 Å². The molecular weight excluding hydrogens is 238 g/mol. The van der Waals surface area contributed by atoms with Gasteiger partial charge in [-0.2, -0.15) is 0 Å². The van der Waals surface area contributed by atoms with Crippen molar-refractivity contribution < 1.29 is 13.2 Å². The van der Waals surface area contributed by atoms with Gasteiger partial charge in [-0.3, -0.25) is 4.79 Å². The topological polar surface area (TPSA) is 63.2 Å². The van der Waals surface area contributed by atoms with E-state index >= 15 is 0 Å². The van der Waals surface area contributed by atoms with Gasteiger partial charge >= 0.3 is 0 Å². The quantitative estimate of drug-likeness (QED) is 0.652. The SMILES string of the molecule is C=CC(=O)Nc1ccc(S(=O)(=O)Cl)cc1. The van der Waals surface area contributed by atoms with Gasteiger partial charge < -0.3 is 5.32 Å². The first-order valence-corrected chi connectivity index (χ1v) is 6.22. The van der Waals surface area contributed by atoms with Gasteiger partial charge in [0.15, 0.2) is 0 Å². The third-order valence-corrected chi connectivity index (χ3v) is 2.96. The molecule has 0 fully saturated rings. The molecule has 0 aromatic heterocycles. The average molecular weight is 246 g/mol. The zero-order chi connectivity index (χ0) is 11.5. The maximum absolute atomic E-state index is 10.9. The molecule has 1 amide bonds. The highest BCUT2D eigenvalue weighted by Gasteiger charge is 2.08. The van der Waals surface area contributed by atoms with Gasteiger partial charge in [0, 0.05) is 16.4 Å². The van der Waals surface area contributed by atoms with Crippen molar-refractivity contribution in [3.63, 3.8) is 0 Å². The highest BCUT2D eigenvalue weighted by molar-refractivity contribution is 8.13. The number of hydrogen-bond donors (Lipinski definition) is 1. The van der Waals surface area contributed by atoms with Crippen LogP contribution in [0.1, 0.15) is 0 Å². The number of amides is 1. The van der Waals surface area contributed by atoms with Crippen molar-refractivity contribution >= 4 is 31.3 Å². The lowest BCUT2D eigenvalue weighted by atomic mass is 10.3. The Hall–Kier alpha value is -1.33. The normalized spacial score (nSPS) is 10.7. The lowest BCUT2D eigenvalue weighted by molar-refractivity contribution is -0.111. The van der Waals surface area contributed by atoms with Gasteiger partial charge in [-0.25, -0.2) is 8.42 Å². The van der Waals surface area contributed by atoms with E-state index in [0.717, 1.165) is 6.08 Å². The number of rotatable bonds is 3. The first-order valence-electron chi connectivity index (χ1n) is 3.91. The number of nitrogens with one attached hydrogen (secondary N) is 1. The van der Waals surface area contributed by atoms with Crippen LogP contribution in [0.25, 0.3) is 0 Å². The van der Waals surface area contributed by atoms with Gasteiger partial charge in [0.1, 0.15) is 0 Å². The summed E-state index contributed by atoms with van der Waals surface area (Å²) in [6.07, 6.45) is 1.12. The molecule has 1 aromatic rings. The Labute approximate surface area is 92.0 Å². The average Bonchev–Trinajstić information content (AvgIpc) is 2.17. The molecule has 1 N–H and O–H groups in total. The van der Waals surface area contributed by atoms with Crippen LogP contribution in [0.5, 0.6) is 0 Å². The molecule has 0 saturated carbocycles. The Morgan fingerprint density at radius 2 is 1.87 bits per heavy atom. The van der Waals surface area contributed by atoms with E-state index in [1.807, 2.05) is 0 Å². The van der Waals surface area contributed by atoms with E-state index in [1.54, 1.807) is 0 Å². The second-order valence-electron chi connectivity index (χ2n) is 2.66. The van der Waals surface area contributed by atoms with E-state index in [1.165, 1.54) is 24.3 Å². The molecule has 0 aliphatic heterocycles. The molecule has 1 rings (SSSR count). The van der Waals surface area contributed by atoms with E-state index in [4.69, 9.17) is 10.7 Å². The van der Waals surface area contributed by atoms with Crippen LogP contribution in [0.15, 0.2) is 41.8 Å². The Morgan fingerprint density at radius 1 is 1.33 bits per heavy atom. The van der Waals surface area contributed by atoms with Crippen molar-refractivity contribution in [1.29, 1.82) is 0 Å². The third kappa shape index (κ3) is 3.38. The molecule has 6 heteroatoms. The van der Waals surface area contributed by atoms with Crippen LogP contribution in [-0.4, -0.2) is 14.3 Å². The fraction of sp³-hybridized carbons (Fsp3) is 0. The number of anilines is 1. The second kappa shape index (κ2) is 4.46. The molecule has 0 aliphatic rings. The summed E-state index contributed by atoms with van der Waals surface area (Å²) >= 11 is 0. The predicted octanol–water partition coefficient (Wildman–Crippen LogP) is 1.74. The smallest absolute Gasteiger partial charge is 0.261 e. The van der Waals surface area contributed by atoms with E-state index < -0.39 is 9.05 Å². The number of hydrogen-bond acceptors (Lipinski definition) is 3. The Balaban J connectivity index is 2.91. The number of benzene rings is 1. The molecule has 0 saturated heterocycles. The van der Waals surface area contributed by atoms with E-state index in [0.29, 0.717) is 5.69 Å². The summed E-state index contributed by atoms with van der Waals surface area (Å²) in [4.78, 5) is 10.9. The molecule has 0 aliphatic carbocycles. The van der Waals surface area contributed by atoms with Crippen molar-refractivity contribution in [2.24, 2.45) is 0 Å². The second-order valence-corrected chi connectivity index (χ2v) is 5.22. The summed E-state index contributed by atoms with van der Waals surface area (Å²) < 4.78 is 21.8. The van der Waals surface area contributed by atoms with Crippen molar-refractivity contribution in [2.45, 2.75) is 4.90 Å². The van der Waals surface area contributed by atoms with Crippen LogP contribution < -0.4 is 5.32 Å². The maximum Gasteiger partial charge on any atom is 0.261 e. The summed E-state index contributed by atoms with van der Waals surface area (Å²) in [5.41, 5.74) is 0.476. The van der Waals surface area contributed by atoms with Crippen LogP contribution in [0, 0.1) is 0 Å². The highest BCUT2D eigenvalue weighted by Crippen LogP contribution is 2.17. The van der Waals surface area contributed by atoms with Crippen LogP contribution in [-0.2, 0) is 13.8 Å². The van der Waals surface area contributed by atoms with Crippen LogP contribution in [0.3, 0.4) is 0 Å². The van der Waals surface area contributed by atoms with Crippen molar-refractivity contribution in [1.82, 2.24) is 0 Å². The van der Waals surface area contributed by atoms with Gasteiger partial charge in [0.05, 0.1) is 4.90 Å². The molecule has 1 aromatic carbocycles. The zero-order valence-electron chi connectivity index (χ0n) is 7.60. The molecule has 0 radical (unpaired) electrons. The van der Waals surface area contributed by atoms with Gasteiger partial charge in [-0.15, -0.1) is 0 Å². The first kappa shape index (κ1) is 11.7. The fourth-order valence-corrected chi connectivity index (χ4v) is 1.66. The van der Waals surface area contributed by atoms with Crippen LogP contribution >= 0.6 is 10.7 Å². The Bertz CT molecular complexity index is 479. The van der Waals surface area contributed by atoms with Gasteiger partial charge in [0.25, 0.3) is 9.05 Å². The molecule has 0 spiro atoms. The summed E-state index contributed by atoms with van der Waals surface area (Å²) in [5.74, 6) is -0.364. The van der Waals surface area contributed by atoms with Gasteiger partial charge in [0.2, 0.25) is 5.91 Å². The minimum Gasteiger partial charge on any atom is -0.323 e. The van der Waals surface area contributed by atoms with Crippen LogP contribution in [0.4, 0.5) is 5.69 Å². The number of halogens is 1. The summed E-state index contributed by atoms with van der Waals surface area (Å²) in [6, 6.07) is 5.50. The largest absolute Gasteiger partial charge is 0.323 e. The third-order valence-electron chi connectivity index (χ3n) is 1.59. The molecule has 4 nitrogen and oxygen atoms in total. The zero-order valence-corrected chi connectivity index (χ0v) is 9.18. The molecule has 0 atom stereocenters. The minimum absolute atomic E-state index is 0.0132. The standard InChI is InChI=1S/C9H8ClNO3S/c1-2-9(12)11-7-3-5-8(6-4-7)15(10,13)14/h2-6H,1H2,(H,11,12). The predicted molar refractivity (Wildman–Crippen MR) is 58.3 cm³/mol. The molecule has 80 valence electrons. The lowest BCUT2D eigenvalue weighted by Gasteiger charge is -2.02. The Kier molecular flexibility index (Phi) is 3.49. The monoisotopic (exact) mass is 245 g/mol. The highest BCUT2D eigenvalue weighted by atomic mass is 35.7. The molecule has 0 unspecified atom stereocenters. The first-order chi connectivity index (χ1) is 6.93. The summed E-state index contributed by atoms with van der Waals surface area (Å²) in [7, 11) is 1.40. The van der Waals surface area contributed by atoms with Gasteiger partial charge in [-0.05, 0) is 30.3 Å². The maximum atomic E-state index is 10.9. The number of carbonyl (C=O) groups excluding carboxylic acids is 1. The van der Waals surface area contributed by atoms with Crippen molar-refractivity contribution in [2.75, 3.05) is 5.32 Å². The molecule has 0 bridgehead atoms. The van der Waals surface area contributed by atoms with Crippen molar-refractivity contribution in [3.05, 3.63) is 36.9 Å². The summed E-state index contributed by atoms with van der Waals surface area (Å²) in [6.45, 7) is 3.28. The lowest BCUT2D eigenvalue weighted by Crippen LogP contribution is -2.07. The summed E-state index contributed by atoms with van der Waals surface area (Å²) in [5, 5.41) is 2.48. The van der Waals surface area contributed by atoms with E-state index in [-0.39, 0.29) is 10.8 Å². The Morgan fingerprint density at radius 3 is 2.27 bits per heavy atom. The van der Waals surface area contributed by atoms with Gasteiger partial charge in [-0.1, -0.05) is 6.58 Å². The molecular formula is C9H8ClNO3S. The fourth-order valence-electron chi connectivity index (χ4n) is 0.894.